The number of carbonyl (C=O) groups is 2. The van der Waals surface area contributed by atoms with Crippen molar-refractivity contribution < 1.29 is 27.9 Å². The van der Waals surface area contributed by atoms with Gasteiger partial charge < -0.3 is 9.84 Å². The lowest BCUT2D eigenvalue weighted by atomic mass is 10.1. The predicted molar refractivity (Wildman–Crippen MR) is 112 cm³/mol. The van der Waals surface area contributed by atoms with Gasteiger partial charge in [-0.3, -0.25) is 9.78 Å². The Hall–Kier alpha value is -3.98. The van der Waals surface area contributed by atoms with Crippen LogP contribution in [0.5, 0.6) is 5.75 Å². The average molecular weight is 436 g/mol. The largest absolute Gasteiger partial charge is 0.497 e. The maximum absolute atomic E-state index is 13.5. The van der Waals surface area contributed by atoms with Crippen LogP contribution >= 0.6 is 0 Å². The molecule has 4 aromatic rings. The molecule has 2 aromatic carbocycles. The van der Waals surface area contributed by atoms with Gasteiger partial charge in [0.2, 0.25) is 5.78 Å². The van der Waals surface area contributed by atoms with Crippen LogP contribution in [0.2, 0.25) is 0 Å². The lowest BCUT2D eigenvalue weighted by Gasteiger charge is -2.12. The molecule has 9 heteroatoms. The third-order valence-electron chi connectivity index (χ3n) is 4.73. The first-order chi connectivity index (χ1) is 14.8. The molecule has 0 spiro atoms. The number of rotatable bonds is 6. The first-order valence-electron chi connectivity index (χ1n) is 9.07. The number of carboxylic acid groups (broad SMARTS) is 1. The second-order valence-corrected chi connectivity index (χ2v) is 8.36. The van der Waals surface area contributed by atoms with Crippen LogP contribution in [0.25, 0.3) is 10.9 Å². The first-order valence-corrected chi connectivity index (χ1v) is 10.5. The molecule has 2 heterocycles. The molecule has 0 radical (unpaired) electrons. The Morgan fingerprint density at radius 3 is 2.42 bits per heavy atom. The van der Waals surface area contributed by atoms with E-state index in [1.165, 1.54) is 49.7 Å². The smallest absolute Gasteiger partial charge is 0.338 e. The van der Waals surface area contributed by atoms with Gasteiger partial charge in [0, 0.05) is 17.6 Å². The number of pyridine rings is 1. The minimum absolute atomic E-state index is 0.0242. The van der Waals surface area contributed by atoms with Crippen LogP contribution in [0, 0.1) is 0 Å². The van der Waals surface area contributed by atoms with Crippen LogP contribution < -0.4 is 4.74 Å². The minimum atomic E-state index is -4.20. The van der Waals surface area contributed by atoms with Crippen molar-refractivity contribution in [2.75, 3.05) is 7.11 Å². The number of aromatic nitrogens is 2. The Morgan fingerprint density at radius 2 is 1.74 bits per heavy atom. The molecular weight excluding hydrogens is 420 g/mol. The fourth-order valence-electron chi connectivity index (χ4n) is 3.28. The molecule has 4 rings (SSSR count). The molecule has 0 saturated heterocycles. The fourth-order valence-corrected chi connectivity index (χ4v) is 4.80. The minimum Gasteiger partial charge on any atom is -0.497 e. The summed E-state index contributed by atoms with van der Waals surface area (Å²) < 4.78 is 33.2. The number of ether oxygens (including phenoxy) is 1. The van der Waals surface area contributed by atoms with E-state index >= 15 is 0 Å². The van der Waals surface area contributed by atoms with Gasteiger partial charge in [0.1, 0.15) is 17.1 Å². The number of methoxy groups -OCH3 is 1. The van der Waals surface area contributed by atoms with Crippen LogP contribution in [-0.4, -0.2) is 41.3 Å². The molecule has 0 atom stereocenters. The Labute approximate surface area is 177 Å². The zero-order valence-electron chi connectivity index (χ0n) is 16.2. The Kier molecular flexibility index (Phi) is 5.04. The molecule has 0 fully saturated rings. The van der Waals surface area contributed by atoms with Crippen molar-refractivity contribution in [1.29, 1.82) is 0 Å². The number of fused-ring (bicyclic) bond motifs is 1. The number of benzene rings is 2. The summed E-state index contributed by atoms with van der Waals surface area (Å²) in [6.07, 6.45) is 1.28. The van der Waals surface area contributed by atoms with Crippen molar-refractivity contribution >= 4 is 32.7 Å². The molecule has 0 aliphatic carbocycles. The van der Waals surface area contributed by atoms with E-state index in [2.05, 4.69) is 4.98 Å². The van der Waals surface area contributed by atoms with Crippen molar-refractivity contribution in [3.63, 3.8) is 0 Å². The molecule has 0 unspecified atom stereocenters. The van der Waals surface area contributed by atoms with E-state index in [0.29, 0.717) is 11.1 Å². The summed E-state index contributed by atoms with van der Waals surface area (Å²) >= 11 is 0. The number of carbonyl (C=O) groups excluding carboxylic acids is 1. The Morgan fingerprint density at radius 1 is 1.00 bits per heavy atom. The highest BCUT2D eigenvalue weighted by molar-refractivity contribution is 7.90. The number of nitrogens with zero attached hydrogens (tertiary/aromatic N) is 2. The fraction of sp³-hybridized carbons (Fsp3) is 0.0455. The van der Waals surface area contributed by atoms with Crippen molar-refractivity contribution in [2.24, 2.45) is 0 Å². The summed E-state index contributed by atoms with van der Waals surface area (Å²) in [5.74, 6) is -1.77. The summed E-state index contributed by atoms with van der Waals surface area (Å²) in [6, 6.07) is 16.4. The van der Waals surface area contributed by atoms with Crippen molar-refractivity contribution in [3.05, 3.63) is 89.9 Å². The molecule has 0 aliphatic heterocycles. The number of aromatic carboxylic acids is 1. The third-order valence-corrected chi connectivity index (χ3v) is 6.48. The summed E-state index contributed by atoms with van der Waals surface area (Å²) in [5, 5.41) is 9.91. The standard InChI is InChI=1S/C22H16N2O6S/c1-30-15-10-9-14-12-19(21(25)20-17(22(26)27)8-5-11-23-20)24(18(14)13-15)31(28,29)16-6-3-2-4-7-16/h2-13H,1H3,(H,26,27). The number of carboxylic acids is 1. The van der Waals surface area contributed by atoms with Gasteiger partial charge in [0.05, 0.1) is 23.1 Å². The zero-order valence-corrected chi connectivity index (χ0v) is 17.0. The van der Waals surface area contributed by atoms with E-state index < -0.39 is 21.8 Å². The van der Waals surface area contributed by atoms with Crippen molar-refractivity contribution in [2.45, 2.75) is 4.90 Å². The molecule has 8 nitrogen and oxygen atoms in total. The summed E-state index contributed by atoms with van der Waals surface area (Å²) in [6.45, 7) is 0. The lowest BCUT2D eigenvalue weighted by molar-refractivity contribution is 0.0692. The number of hydrogen-bond acceptors (Lipinski definition) is 6. The number of hydrogen-bond donors (Lipinski definition) is 1. The highest BCUT2D eigenvalue weighted by atomic mass is 32.2. The molecule has 0 aliphatic rings. The normalized spacial score (nSPS) is 11.4. The molecule has 31 heavy (non-hydrogen) atoms. The highest BCUT2D eigenvalue weighted by Crippen LogP contribution is 2.30. The van der Waals surface area contributed by atoms with Crippen LogP contribution in [-0.2, 0) is 10.0 Å². The highest BCUT2D eigenvalue weighted by Gasteiger charge is 2.29. The van der Waals surface area contributed by atoms with E-state index in [9.17, 15) is 23.1 Å². The van der Waals surface area contributed by atoms with E-state index in [4.69, 9.17) is 4.74 Å². The Balaban J connectivity index is 2.04. The van der Waals surface area contributed by atoms with Gasteiger partial charge >= 0.3 is 5.97 Å². The summed E-state index contributed by atoms with van der Waals surface area (Å²) in [5.41, 5.74) is -0.680. The lowest BCUT2D eigenvalue weighted by Crippen LogP contribution is -2.21. The van der Waals surface area contributed by atoms with Crippen LogP contribution in [0.4, 0.5) is 0 Å². The van der Waals surface area contributed by atoms with E-state index in [0.717, 1.165) is 3.97 Å². The molecule has 156 valence electrons. The second kappa shape index (κ2) is 7.69. The quantitative estimate of drug-likeness (QED) is 0.462. The van der Waals surface area contributed by atoms with Crippen molar-refractivity contribution in [1.82, 2.24) is 8.96 Å². The van der Waals surface area contributed by atoms with E-state index in [1.54, 1.807) is 30.3 Å². The van der Waals surface area contributed by atoms with Gasteiger partial charge in [-0.25, -0.2) is 17.2 Å². The van der Waals surface area contributed by atoms with Gasteiger partial charge in [-0.05, 0) is 42.5 Å². The maximum atomic E-state index is 13.5. The van der Waals surface area contributed by atoms with Crippen LogP contribution in [0.1, 0.15) is 26.5 Å². The third kappa shape index (κ3) is 3.44. The summed E-state index contributed by atoms with van der Waals surface area (Å²) in [7, 11) is -2.76. The monoisotopic (exact) mass is 436 g/mol. The molecule has 0 amide bonds. The molecule has 0 saturated carbocycles. The molecule has 0 bridgehead atoms. The van der Waals surface area contributed by atoms with Gasteiger partial charge in [0.25, 0.3) is 10.0 Å². The number of ketones is 1. The predicted octanol–water partition coefficient (Wildman–Crippen LogP) is 3.21. The van der Waals surface area contributed by atoms with Crippen LogP contribution in [0.15, 0.2) is 77.8 Å². The van der Waals surface area contributed by atoms with Gasteiger partial charge in [-0.2, -0.15) is 0 Å². The molecule has 2 aromatic heterocycles. The summed E-state index contributed by atoms with van der Waals surface area (Å²) in [4.78, 5) is 28.8. The van der Waals surface area contributed by atoms with Crippen molar-refractivity contribution in [3.8, 4) is 5.75 Å². The SMILES string of the molecule is COc1ccc2cc(C(=O)c3ncccc3C(=O)O)n(S(=O)(=O)c3ccccc3)c2c1. The van der Waals surface area contributed by atoms with Crippen LogP contribution in [0.3, 0.4) is 0 Å². The molecule has 1 N–H and O–H groups in total. The first kappa shape index (κ1) is 20.3. The molecular formula is C22H16N2O6S. The zero-order chi connectivity index (χ0) is 22.2. The van der Waals surface area contributed by atoms with E-state index in [1.807, 2.05) is 0 Å². The van der Waals surface area contributed by atoms with Gasteiger partial charge in [0.15, 0.2) is 0 Å². The average Bonchev–Trinajstić information content (AvgIpc) is 3.18. The Bertz CT molecular complexity index is 1430. The second-order valence-electron chi connectivity index (χ2n) is 6.57. The van der Waals surface area contributed by atoms with Gasteiger partial charge in [-0.1, -0.05) is 18.2 Å². The topological polar surface area (TPSA) is 116 Å². The van der Waals surface area contributed by atoms with Gasteiger partial charge in [-0.15, -0.1) is 0 Å². The maximum Gasteiger partial charge on any atom is 0.338 e. The van der Waals surface area contributed by atoms with E-state index in [-0.39, 0.29) is 27.4 Å².